The summed E-state index contributed by atoms with van der Waals surface area (Å²) in [6.45, 7) is 3.51. The molecule has 1 aromatic rings. The molecule has 1 aliphatic carbocycles. The van der Waals surface area contributed by atoms with E-state index >= 15 is 0 Å². The first-order valence-electron chi connectivity index (χ1n) is 7.34. The number of ether oxygens (including phenoxy) is 1. The Kier molecular flexibility index (Phi) is 3.56. The first-order chi connectivity index (χ1) is 10.5. The lowest BCUT2D eigenvalue weighted by Gasteiger charge is -2.16. The average Bonchev–Trinajstić information content (AvgIpc) is 3.01. The van der Waals surface area contributed by atoms with Gasteiger partial charge in [0.15, 0.2) is 0 Å². The van der Waals surface area contributed by atoms with Crippen molar-refractivity contribution in [1.82, 2.24) is 0 Å². The molecule has 114 valence electrons. The quantitative estimate of drug-likeness (QED) is 0.633. The predicted octanol–water partition coefficient (Wildman–Crippen LogP) is 2.07. The van der Waals surface area contributed by atoms with Crippen LogP contribution in [0.25, 0.3) is 0 Å². The van der Waals surface area contributed by atoms with Gasteiger partial charge in [-0.15, -0.1) is 0 Å². The summed E-state index contributed by atoms with van der Waals surface area (Å²) in [6.07, 6.45) is 1.81. The maximum atomic E-state index is 12.7. The Morgan fingerprint density at radius 1 is 1.18 bits per heavy atom. The van der Waals surface area contributed by atoms with Gasteiger partial charge in [0.1, 0.15) is 0 Å². The fourth-order valence-electron chi connectivity index (χ4n) is 3.02. The highest BCUT2D eigenvalue weighted by molar-refractivity contribution is 6.25. The van der Waals surface area contributed by atoms with Crippen molar-refractivity contribution in [3.8, 4) is 0 Å². The summed E-state index contributed by atoms with van der Waals surface area (Å²) in [5.41, 5.74) is 0.860. The number of rotatable bonds is 3. The number of carbonyl (C=O) groups is 3. The lowest BCUT2D eigenvalue weighted by molar-refractivity contribution is -0.144. The summed E-state index contributed by atoms with van der Waals surface area (Å²) in [5, 5.41) is 0. The molecule has 0 radical (unpaired) electrons. The number of carbonyl (C=O) groups excluding carboxylic acids is 3. The Balaban J connectivity index is 1.89. The highest BCUT2D eigenvalue weighted by Gasteiger charge is 2.53. The Bertz CT molecular complexity index is 662. The topological polar surface area (TPSA) is 63.7 Å². The van der Waals surface area contributed by atoms with Crippen LogP contribution in [-0.2, 0) is 19.1 Å². The van der Waals surface area contributed by atoms with Gasteiger partial charge in [-0.05, 0) is 32.4 Å². The van der Waals surface area contributed by atoms with Gasteiger partial charge in [-0.1, -0.05) is 24.3 Å². The molecule has 0 aromatic heterocycles. The third-order valence-corrected chi connectivity index (χ3v) is 3.95. The lowest BCUT2D eigenvalue weighted by Crippen LogP contribution is -2.32. The van der Waals surface area contributed by atoms with Gasteiger partial charge in [-0.2, -0.15) is 0 Å². The van der Waals surface area contributed by atoms with Gasteiger partial charge in [0.25, 0.3) is 0 Å². The van der Waals surface area contributed by atoms with E-state index in [1.165, 1.54) is 4.90 Å². The highest BCUT2D eigenvalue weighted by atomic mass is 16.5. The van der Waals surface area contributed by atoms with Gasteiger partial charge in [0.2, 0.25) is 11.8 Å². The molecule has 0 N–H and O–H groups in total. The largest absolute Gasteiger partial charge is 0.460 e. The molecular formula is C17H17NO4. The zero-order valence-electron chi connectivity index (χ0n) is 12.5. The molecule has 0 saturated carbocycles. The summed E-state index contributed by atoms with van der Waals surface area (Å²) in [4.78, 5) is 38.5. The Morgan fingerprint density at radius 3 is 2.50 bits per heavy atom. The molecule has 3 rings (SSSR count). The molecule has 1 saturated heterocycles. The number of anilines is 1. The number of amides is 2. The number of nitrogens with zero attached hydrogens (tertiary/aromatic N) is 1. The second-order valence-electron chi connectivity index (χ2n) is 5.78. The molecular weight excluding hydrogens is 282 g/mol. The Morgan fingerprint density at radius 2 is 1.86 bits per heavy atom. The van der Waals surface area contributed by atoms with Gasteiger partial charge < -0.3 is 4.74 Å². The van der Waals surface area contributed by atoms with Crippen LogP contribution in [0, 0.1) is 11.8 Å². The van der Waals surface area contributed by atoms with Crippen LogP contribution in [0.15, 0.2) is 42.0 Å². The maximum absolute atomic E-state index is 12.7. The SMILES string of the molecule is CC(C)OC(=O)C1=CC[C@@H]2C(=O)N(c3ccccc3)C(=O)[C@H]12. The monoisotopic (exact) mass is 299 g/mol. The normalized spacial score (nSPS) is 23.8. The van der Waals surface area contributed by atoms with E-state index in [1.54, 1.807) is 44.2 Å². The zero-order valence-corrected chi connectivity index (χ0v) is 12.5. The fraction of sp³-hybridized carbons (Fsp3) is 0.353. The second kappa shape index (κ2) is 5.40. The predicted molar refractivity (Wildman–Crippen MR) is 79.8 cm³/mol. The summed E-state index contributed by atoms with van der Waals surface area (Å²) in [7, 11) is 0. The van der Waals surface area contributed by atoms with Crippen molar-refractivity contribution in [3.05, 3.63) is 42.0 Å². The van der Waals surface area contributed by atoms with Crippen LogP contribution in [0.2, 0.25) is 0 Å². The Hall–Kier alpha value is -2.43. The van der Waals surface area contributed by atoms with Crippen molar-refractivity contribution in [2.75, 3.05) is 4.90 Å². The molecule has 1 fully saturated rings. The van der Waals surface area contributed by atoms with Crippen LogP contribution in [0.1, 0.15) is 20.3 Å². The summed E-state index contributed by atoms with van der Waals surface area (Å²) in [6, 6.07) is 8.79. The minimum atomic E-state index is -0.709. The second-order valence-corrected chi connectivity index (χ2v) is 5.78. The van der Waals surface area contributed by atoms with Gasteiger partial charge >= 0.3 is 5.97 Å². The number of imide groups is 1. The Labute approximate surface area is 128 Å². The molecule has 1 aromatic carbocycles. The molecule has 0 bridgehead atoms. The number of hydrogen-bond donors (Lipinski definition) is 0. The molecule has 2 aliphatic rings. The molecule has 22 heavy (non-hydrogen) atoms. The maximum Gasteiger partial charge on any atom is 0.334 e. The fourth-order valence-corrected chi connectivity index (χ4v) is 3.02. The van der Waals surface area contributed by atoms with Crippen molar-refractivity contribution in [3.63, 3.8) is 0 Å². The van der Waals surface area contributed by atoms with E-state index in [2.05, 4.69) is 0 Å². The van der Waals surface area contributed by atoms with Crippen molar-refractivity contribution in [2.45, 2.75) is 26.4 Å². The first-order valence-corrected chi connectivity index (χ1v) is 7.34. The summed E-state index contributed by atoms with van der Waals surface area (Å²) in [5.74, 6) is -2.28. The number of benzene rings is 1. The molecule has 5 nitrogen and oxygen atoms in total. The van der Waals surface area contributed by atoms with Gasteiger partial charge in [-0.25, -0.2) is 9.69 Å². The standard InChI is InChI=1S/C17H17NO4/c1-10(2)22-17(21)13-9-8-12-14(13)16(20)18(15(12)19)11-6-4-3-5-7-11/h3-7,9-10,12,14H,8H2,1-2H3/t12-,14-/m0/s1. The van der Waals surface area contributed by atoms with E-state index in [1.807, 2.05) is 6.07 Å². The molecule has 0 spiro atoms. The molecule has 2 atom stereocenters. The molecule has 0 unspecified atom stereocenters. The van der Waals surface area contributed by atoms with Crippen molar-refractivity contribution < 1.29 is 19.1 Å². The van der Waals surface area contributed by atoms with Crippen molar-refractivity contribution >= 4 is 23.5 Å². The van der Waals surface area contributed by atoms with Crippen molar-refractivity contribution in [2.24, 2.45) is 11.8 Å². The van der Waals surface area contributed by atoms with Crippen LogP contribution in [0.3, 0.4) is 0 Å². The van der Waals surface area contributed by atoms with E-state index in [0.29, 0.717) is 17.7 Å². The van der Waals surface area contributed by atoms with E-state index < -0.39 is 17.8 Å². The third kappa shape index (κ3) is 2.22. The smallest absolute Gasteiger partial charge is 0.334 e. The number of hydrogen-bond acceptors (Lipinski definition) is 4. The molecule has 2 amide bonds. The van der Waals surface area contributed by atoms with Crippen LogP contribution >= 0.6 is 0 Å². The van der Waals surface area contributed by atoms with Gasteiger partial charge in [0, 0.05) is 5.57 Å². The minimum absolute atomic E-state index is 0.246. The van der Waals surface area contributed by atoms with E-state index in [4.69, 9.17) is 4.74 Å². The highest BCUT2D eigenvalue weighted by Crippen LogP contribution is 2.42. The first kappa shape index (κ1) is 14.5. The number of para-hydroxylation sites is 1. The number of esters is 1. The molecule has 1 aliphatic heterocycles. The van der Waals surface area contributed by atoms with Gasteiger partial charge in [0.05, 0.1) is 23.6 Å². The summed E-state index contributed by atoms with van der Waals surface area (Å²) >= 11 is 0. The zero-order chi connectivity index (χ0) is 15.9. The lowest BCUT2D eigenvalue weighted by atomic mass is 9.94. The number of fused-ring (bicyclic) bond motifs is 1. The minimum Gasteiger partial charge on any atom is -0.460 e. The van der Waals surface area contributed by atoms with Crippen molar-refractivity contribution in [1.29, 1.82) is 0 Å². The van der Waals surface area contributed by atoms with E-state index in [0.717, 1.165) is 0 Å². The van der Waals surface area contributed by atoms with Crippen LogP contribution < -0.4 is 4.90 Å². The average molecular weight is 299 g/mol. The van der Waals surface area contributed by atoms with Crippen LogP contribution in [0.4, 0.5) is 5.69 Å². The van der Waals surface area contributed by atoms with E-state index in [-0.39, 0.29) is 17.9 Å². The summed E-state index contributed by atoms with van der Waals surface area (Å²) < 4.78 is 5.18. The van der Waals surface area contributed by atoms with E-state index in [9.17, 15) is 14.4 Å². The molecule has 5 heteroatoms. The van der Waals surface area contributed by atoms with Gasteiger partial charge in [-0.3, -0.25) is 9.59 Å². The van der Waals surface area contributed by atoms with Crippen LogP contribution in [-0.4, -0.2) is 23.9 Å². The third-order valence-electron chi connectivity index (χ3n) is 3.95. The van der Waals surface area contributed by atoms with Crippen LogP contribution in [0.5, 0.6) is 0 Å². The number of allylic oxidation sites excluding steroid dienone is 1. The molecule has 1 heterocycles.